The normalized spacial score (nSPS) is 30.4. The zero-order valence-electron chi connectivity index (χ0n) is 8.52. The summed E-state index contributed by atoms with van der Waals surface area (Å²) in [7, 11) is 0. The standard InChI is InChI=1S/C10H4Cl5N3/c11-6-2-1-16-7(12)4-3(2)5(9(14)17-6)10(15)18-8(4)13/h1,3,7,17H. The van der Waals surface area contributed by atoms with E-state index in [4.69, 9.17) is 58.0 Å². The molecule has 2 atom stereocenters. The van der Waals surface area contributed by atoms with Gasteiger partial charge in [-0.15, -0.1) is 0 Å². The minimum absolute atomic E-state index is 0.229. The van der Waals surface area contributed by atoms with Crippen molar-refractivity contribution in [2.45, 2.75) is 5.50 Å². The number of hydrogen-bond donors (Lipinski definition) is 1. The van der Waals surface area contributed by atoms with E-state index in [1.165, 1.54) is 0 Å². The van der Waals surface area contributed by atoms with E-state index in [1.54, 1.807) is 6.21 Å². The van der Waals surface area contributed by atoms with Crippen molar-refractivity contribution in [2.24, 2.45) is 15.9 Å². The van der Waals surface area contributed by atoms with E-state index in [0.29, 0.717) is 21.5 Å². The van der Waals surface area contributed by atoms with E-state index < -0.39 is 5.50 Å². The second-order valence-corrected chi connectivity index (χ2v) is 5.70. The Kier molecular flexibility index (Phi) is 3.15. The molecule has 0 radical (unpaired) electrons. The summed E-state index contributed by atoms with van der Waals surface area (Å²) in [6, 6.07) is 0. The van der Waals surface area contributed by atoms with Gasteiger partial charge >= 0.3 is 0 Å². The van der Waals surface area contributed by atoms with Crippen LogP contribution in [0.15, 0.2) is 42.2 Å². The second kappa shape index (κ2) is 4.43. The molecule has 94 valence electrons. The fourth-order valence-corrected chi connectivity index (χ4v) is 3.71. The quantitative estimate of drug-likeness (QED) is 0.526. The van der Waals surface area contributed by atoms with Crippen molar-refractivity contribution in [1.82, 2.24) is 5.32 Å². The van der Waals surface area contributed by atoms with Gasteiger partial charge < -0.3 is 5.32 Å². The number of dihydropyridines is 1. The summed E-state index contributed by atoms with van der Waals surface area (Å²) >= 11 is 30.5. The summed E-state index contributed by atoms with van der Waals surface area (Å²) in [6.45, 7) is 0. The fourth-order valence-electron chi connectivity index (χ4n) is 2.10. The zero-order valence-corrected chi connectivity index (χ0v) is 12.3. The minimum atomic E-state index is -0.596. The van der Waals surface area contributed by atoms with Crippen molar-refractivity contribution in [3.63, 3.8) is 0 Å². The first-order valence-electron chi connectivity index (χ1n) is 4.88. The number of halogens is 5. The van der Waals surface area contributed by atoms with Gasteiger partial charge in [-0.3, -0.25) is 4.99 Å². The number of aliphatic imine (C=N–C) groups is 2. The van der Waals surface area contributed by atoms with Crippen molar-refractivity contribution in [1.29, 1.82) is 0 Å². The highest BCUT2D eigenvalue weighted by Gasteiger charge is 2.42. The summed E-state index contributed by atoms with van der Waals surface area (Å²) in [5.74, 6) is -0.288. The van der Waals surface area contributed by atoms with Crippen LogP contribution >= 0.6 is 58.0 Å². The van der Waals surface area contributed by atoms with Crippen LogP contribution in [-0.4, -0.2) is 16.9 Å². The molecule has 3 rings (SSSR count). The highest BCUT2D eigenvalue weighted by molar-refractivity contribution is 6.71. The van der Waals surface area contributed by atoms with Crippen molar-refractivity contribution in [3.8, 4) is 0 Å². The van der Waals surface area contributed by atoms with Crippen LogP contribution in [0.1, 0.15) is 0 Å². The van der Waals surface area contributed by atoms with Crippen LogP contribution in [0.4, 0.5) is 0 Å². The van der Waals surface area contributed by atoms with Gasteiger partial charge in [0.25, 0.3) is 0 Å². The number of alkyl halides is 1. The molecule has 18 heavy (non-hydrogen) atoms. The van der Waals surface area contributed by atoms with E-state index >= 15 is 0 Å². The third-order valence-electron chi connectivity index (χ3n) is 2.88. The van der Waals surface area contributed by atoms with Crippen LogP contribution in [0.2, 0.25) is 0 Å². The second-order valence-electron chi connectivity index (χ2n) is 3.82. The monoisotopic (exact) mass is 341 g/mol. The lowest BCUT2D eigenvalue weighted by molar-refractivity contribution is 0.757. The summed E-state index contributed by atoms with van der Waals surface area (Å²) in [6.07, 6.45) is 1.60. The molecule has 0 amide bonds. The fraction of sp³-hybridized carbons (Fsp3) is 0.200. The summed E-state index contributed by atoms with van der Waals surface area (Å²) in [5, 5.41) is 3.99. The highest BCUT2D eigenvalue weighted by atomic mass is 35.5. The molecule has 0 saturated heterocycles. The van der Waals surface area contributed by atoms with Gasteiger partial charge in [0.1, 0.15) is 26.1 Å². The SMILES string of the molecule is ClC1=NC(Cl)=C2C(Cl)N=CC3=C(Cl)NC(Cl)=C1C32. The number of nitrogens with zero attached hydrogens (tertiary/aromatic N) is 2. The third-order valence-corrected chi connectivity index (χ3v) is 4.43. The van der Waals surface area contributed by atoms with Gasteiger partial charge in [-0.1, -0.05) is 58.0 Å². The molecule has 3 aliphatic rings. The number of hydrogen-bond acceptors (Lipinski definition) is 3. The lowest BCUT2D eigenvalue weighted by Crippen LogP contribution is -2.34. The van der Waals surface area contributed by atoms with Crippen LogP contribution in [0.3, 0.4) is 0 Å². The molecule has 0 aromatic rings. The average molecular weight is 343 g/mol. The molecular weight excluding hydrogens is 339 g/mol. The Labute approximate surface area is 128 Å². The van der Waals surface area contributed by atoms with Gasteiger partial charge in [0.2, 0.25) is 0 Å². The van der Waals surface area contributed by atoms with Crippen LogP contribution < -0.4 is 5.32 Å². The molecule has 1 N–H and O–H groups in total. The Morgan fingerprint density at radius 3 is 2.56 bits per heavy atom. The summed E-state index contributed by atoms with van der Waals surface area (Å²) < 4.78 is 0. The number of allylic oxidation sites excluding steroid dienone is 2. The number of nitrogens with one attached hydrogen (secondary N) is 1. The van der Waals surface area contributed by atoms with Gasteiger partial charge in [-0.25, -0.2) is 4.99 Å². The van der Waals surface area contributed by atoms with Crippen LogP contribution in [0.25, 0.3) is 0 Å². The predicted octanol–water partition coefficient (Wildman–Crippen LogP) is 3.86. The van der Waals surface area contributed by atoms with E-state index in [-0.39, 0.29) is 16.2 Å². The summed E-state index contributed by atoms with van der Waals surface area (Å²) in [5.41, 5.74) is 1.40. The van der Waals surface area contributed by atoms with Crippen molar-refractivity contribution < 1.29 is 0 Å². The first kappa shape index (κ1) is 12.8. The highest BCUT2D eigenvalue weighted by Crippen LogP contribution is 2.47. The molecule has 8 heteroatoms. The lowest BCUT2D eigenvalue weighted by atomic mass is 9.81. The van der Waals surface area contributed by atoms with E-state index in [0.717, 1.165) is 5.57 Å². The Bertz CT molecular complexity index is 599. The predicted molar refractivity (Wildman–Crippen MR) is 76.7 cm³/mol. The topological polar surface area (TPSA) is 36.8 Å². The molecule has 0 saturated carbocycles. The van der Waals surface area contributed by atoms with Crippen LogP contribution in [-0.2, 0) is 0 Å². The smallest absolute Gasteiger partial charge is 0.148 e. The molecular formula is C10H4Cl5N3. The Morgan fingerprint density at radius 2 is 1.83 bits per heavy atom. The van der Waals surface area contributed by atoms with Gasteiger partial charge in [0.05, 0.1) is 0 Å². The first-order chi connectivity index (χ1) is 8.50. The zero-order chi connectivity index (χ0) is 13.0. The molecule has 0 aromatic carbocycles. The average Bonchev–Trinajstić information content (AvgIpc) is 2.27. The molecule has 3 nitrogen and oxygen atoms in total. The summed E-state index contributed by atoms with van der Waals surface area (Å²) in [4.78, 5) is 8.16. The van der Waals surface area contributed by atoms with Gasteiger partial charge in [0, 0.05) is 28.9 Å². The van der Waals surface area contributed by atoms with E-state index in [9.17, 15) is 0 Å². The van der Waals surface area contributed by atoms with Gasteiger partial charge in [0.15, 0.2) is 0 Å². The van der Waals surface area contributed by atoms with Crippen LogP contribution in [0, 0.1) is 5.92 Å². The van der Waals surface area contributed by atoms with Crippen molar-refractivity contribution in [3.05, 3.63) is 32.2 Å². The first-order valence-corrected chi connectivity index (χ1v) is 6.83. The Hall–Kier alpha value is -0.190. The lowest BCUT2D eigenvalue weighted by Gasteiger charge is -2.35. The maximum atomic E-state index is 6.14. The Balaban J connectivity index is 2.31. The molecule has 3 heterocycles. The minimum Gasteiger partial charge on any atom is -0.336 e. The maximum Gasteiger partial charge on any atom is 0.148 e. The van der Waals surface area contributed by atoms with Crippen molar-refractivity contribution in [2.75, 3.05) is 0 Å². The molecule has 0 fully saturated rings. The molecule has 2 unspecified atom stereocenters. The largest absolute Gasteiger partial charge is 0.336 e. The molecule has 0 aromatic heterocycles. The van der Waals surface area contributed by atoms with E-state index in [2.05, 4.69) is 15.3 Å². The molecule has 0 aliphatic carbocycles. The molecule has 0 spiro atoms. The van der Waals surface area contributed by atoms with Crippen LogP contribution in [0.5, 0.6) is 0 Å². The maximum absolute atomic E-state index is 6.14. The van der Waals surface area contributed by atoms with Gasteiger partial charge in [-0.05, 0) is 0 Å². The molecule has 0 bridgehead atoms. The number of rotatable bonds is 0. The Morgan fingerprint density at radius 1 is 1.11 bits per heavy atom. The van der Waals surface area contributed by atoms with E-state index in [1.807, 2.05) is 0 Å². The molecule has 3 aliphatic heterocycles. The van der Waals surface area contributed by atoms with Gasteiger partial charge in [-0.2, -0.15) is 0 Å². The van der Waals surface area contributed by atoms with Crippen molar-refractivity contribution >= 4 is 69.4 Å². The third kappa shape index (κ3) is 1.73.